The number of carboxylic acid groups (broad SMARTS) is 1. The molecule has 1 heterocycles. The van der Waals surface area contributed by atoms with Crippen LogP contribution in [0.15, 0.2) is 12.0 Å². The predicted octanol–water partition coefficient (Wildman–Crippen LogP) is -0.594. The molecule has 0 saturated carbocycles. The van der Waals surface area contributed by atoms with Gasteiger partial charge in [0.15, 0.2) is 0 Å². The van der Waals surface area contributed by atoms with Gasteiger partial charge in [0.1, 0.15) is 12.3 Å². The largest absolute Gasteiger partial charge is 0.481 e. The molecule has 76 valence electrons. The summed E-state index contributed by atoms with van der Waals surface area (Å²) < 4.78 is 4.63. The molecule has 0 amide bonds. The second kappa shape index (κ2) is 4.40. The fraction of sp³-hybridized carbons (Fsp3) is 0.375. The molecule has 0 bridgehead atoms. The maximum atomic E-state index is 11.0. The minimum atomic E-state index is -0.979. The van der Waals surface area contributed by atoms with Crippen LogP contribution in [0.2, 0.25) is 0 Å². The molecule has 0 aromatic rings. The van der Waals surface area contributed by atoms with Gasteiger partial charge in [-0.1, -0.05) is 0 Å². The number of carbonyl (C=O) groups is 3. The zero-order valence-corrected chi connectivity index (χ0v) is 7.23. The van der Waals surface area contributed by atoms with Crippen molar-refractivity contribution in [1.82, 2.24) is 5.32 Å². The van der Waals surface area contributed by atoms with Crippen molar-refractivity contribution < 1.29 is 24.2 Å². The van der Waals surface area contributed by atoms with Crippen LogP contribution in [-0.2, 0) is 19.1 Å². The Morgan fingerprint density at radius 3 is 2.93 bits per heavy atom. The van der Waals surface area contributed by atoms with E-state index in [0.29, 0.717) is 6.29 Å². The van der Waals surface area contributed by atoms with E-state index in [1.54, 1.807) is 0 Å². The molecule has 0 radical (unpaired) electrons. The number of aliphatic carboxylic acids is 1. The topological polar surface area (TPSA) is 92.7 Å². The fourth-order valence-electron chi connectivity index (χ4n) is 1.04. The van der Waals surface area contributed by atoms with Crippen molar-refractivity contribution in [1.29, 1.82) is 0 Å². The third kappa shape index (κ3) is 2.58. The van der Waals surface area contributed by atoms with Crippen molar-refractivity contribution >= 4 is 18.2 Å². The van der Waals surface area contributed by atoms with E-state index in [-0.39, 0.29) is 18.7 Å². The van der Waals surface area contributed by atoms with Crippen LogP contribution in [0.3, 0.4) is 0 Å². The lowest BCUT2D eigenvalue weighted by molar-refractivity contribution is -0.138. The van der Waals surface area contributed by atoms with Crippen LogP contribution in [0.25, 0.3) is 0 Å². The molecule has 1 aliphatic heterocycles. The van der Waals surface area contributed by atoms with Gasteiger partial charge in [0.25, 0.3) is 0 Å². The number of hydrogen-bond acceptors (Lipinski definition) is 5. The van der Waals surface area contributed by atoms with Crippen LogP contribution < -0.4 is 5.32 Å². The summed E-state index contributed by atoms with van der Waals surface area (Å²) in [6.07, 6.45) is 1.57. The Bertz CT molecular complexity index is 296. The van der Waals surface area contributed by atoms with Gasteiger partial charge in [-0.3, -0.25) is 9.59 Å². The van der Waals surface area contributed by atoms with Crippen LogP contribution in [-0.4, -0.2) is 29.4 Å². The molecule has 1 aliphatic rings. The van der Waals surface area contributed by atoms with Gasteiger partial charge < -0.3 is 15.2 Å². The average Bonchev–Trinajstić information content (AvgIpc) is 2.44. The first-order valence-corrected chi connectivity index (χ1v) is 3.99. The lowest BCUT2D eigenvalue weighted by atomic mass is 10.2. The first kappa shape index (κ1) is 10.2. The molecule has 1 saturated heterocycles. The van der Waals surface area contributed by atoms with Crippen molar-refractivity contribution in [2.24, 2.45) is 0 Å². The molecular formula is C8H9NO5. The molecule has 1 rings (SSSR count). The molecule has 6 nitrogen and oxygen atoms in total. The van der Waals surface area contributed by atoms with Gasteiger partial charge in [0.05, 0.1) is 0 Å². The summed E-state index contributed by atoms with van der Waals surface area (Å²) in [7, 11) is 0. The third-order valence-electron chi connectivity index (χ3n) is 1.68. The molecule has 0 spiro atoms. The minimum Gasteiger partial charge on any atom is -0.481 e. The van der Waals surface area contributed by atoms with E-state index in [1.807, 2.05) is 0 Å². The Hall–Kier alpha value is -1.85. The van der Waals surface area contributed by atoms with Crippen LogP contribution in [0.1, 0.15) is 12.8 Å². The Morgan fingerprint density at radius 1 is 1.64 bits per heavy atom. The summed E-state index contributed by atoms with van der Waals surface area (Å²) in [4.78, 5) is 31.3. The highest BCUT2D eigenvalue weighted by atomic mass is 16.6. The molecule has 1 atom stereocenters. The van der Waals surface area contributed by atoms with E-state index >= 15 is 0 Å². The van der Waals surface area contributed by atoms with Crippen molar-refractivity contribution in [3.63, 3.8) is 0 Å². The summed E-state index contributed by atoms with van der Waals surface area (Å²) in [5.41, 5.74) is 0. The van der Waals surface area contributed by atoms with Crippen LogP contribution in [0.5, 0.6) is 0 Å². The molecule has 14 heavy (non-hydrogen) atoms. The number of rotatable bonds is 4. The number of esters is 1. The van der Waals surface area contributed by atoms with Crippen LogP contribution in [0.4, 0.5) is 0 Å². The van der Waals surface area contributed by atoms with Gasteiger partial charge in [0.2, 0.25) is 5.88 Å². The highest BCUT2D eigenvalue weighted by Gasteiger charge is 2.29. The molecule has 1 unspecified atom stereocenters. The SMILES string of the molecule is O=C/C=C1/NC(CCC(=O)O)C(=O)O1. The van der Waals surface area contributed by atoms with E-state index in [9.17, 15) is 14.4 Å². The van der Waals surface area contributed by atoms with Gasteiger partial charge in [-0.2, -0.15) is 0 Å². The normalized spacial score (nSPS) is 23.0. The van der Waals surface area contributed by atoms with Gasteiger partial charge in [-0.15, -0.1) is 0 Å². The molecule has 1 fully saturated rings. The second-order valence-electron chi connectivity index (χ2n) is 2.72. The standard InChI is InChI=1S/C8H9NO5/c10-4-3-6-9-5(8(13)14-6)1-2-7(11)12/h3-5,9H,1-2H2,(H,11,12)/b6-3-. The third-order valence-corrected chi connectivity index (χ3v) is 1.68. The zero-order valence-electron chi connectivity index (χ0n) is 7.23. The lowest BCUT2D eigenvalue weighted by Gasteiger charge is -2.02. The zero-order chi connectivity index (χ0) is 10.6. The Kier molecular flexibility index (Phi) is 3.22. The number of carboxylic acids is 1. The monoisotopic (exact) mass is 199 g/mol. The predicted molar refractivity (Wildman–Crippen MR) is 44.0 cm³/mol. The summed E-state index contributed by atoms with van der Waals surface area (Å²) in [5, 5.41) is 11.0. The van der Waals surface area contributed by atoms with Crippen molar-refractivity contribution in [2.75, 3.05) is 0 Å². The maximum absolute atomic E-state index is 11.0. The second-order valence-corrected chi connectivity index (χ2v) is 2.72. The van der Waals surface area contributed by atoms with E-state index in [2.05, 4.69) is 10.1 Å². The summed E-state index contributed by atoms with van der Waals surface area (Å²) in [5.74, 6) is -1.47. The van der Waals surface area contributed by atoms with Crippen molar-refractivity contribution in [3.8, 4) is 0 Å². The summed E-state index contributed by atoms with van der Waals surface area (Å²) >= 11 is 0. The average molecular weight is 199 g/mol. The summed E-state index contributed by atoms with van der Waals surface area (Å²) in [6, 6.07) is -0.669. The number of carbonyl (C=O) groups excluding carboxylic acids is 2. The Labute approximate surface area is 79.5 Å². The molecule has 0 aromatic heterocycles. The number of allylic oxidation sites excluding steroid dienone is 1. The van der Waals surface area contributed by atoms with E-state index in [4.69, 9.17) is 5.11 Å². The van der Waals surface area contributed by atoms with E-state index in [0.717, 1.165) is 6.08 Å². The minimum absolute atomic E-state index is 0.0698. The van der Waals surface area contributed by atoms with Crippen molar-refractivity contribution in [2.45, 2.75) is 18.9 Å². The van der Waals surface area contributed by atoms with Gasteiger partial charge >= 0.3 is 11.9 Å². The van der Waals surface area contributed by atoms with E-state index < -0.39 is 18.0 Å². The first-order chi connectivity index (χ1) is 6.63. The smallest absolute Gasteiger partial charge is 0.335 e. The summed E-state index contributed by atoms with van der Waals surface area (Å²) in [6.45, 7) is 0. The van der Waals surface area contributed by atoms with E-state index in [1.165, 1.54) is 0 Å². The van der Waals surface area contributed by atoms with Gasteiger partial charge in [-0.05, 0) is 6.42 Å². The maximum Gasteiger partial charge on any atom is 0.335 e. The highest BCUT2D eigenvalue weighted by Crippen LogP contribution is 2.12. The highest BCUT2D eigenvalue weighted by molar-refractivity contribution is 5.81. The lowest BCUT2D eigenvalue weighted by Crippen LogP contribution is -2.27. The number of cyclic esters (lactones) is 1. The van der Waals surface area contributed by atoms with Gasteiger partial charge in [-0.25, -0.2) is 4.79 Å². The van der Waals surface area contributed by atoms with Crippen LogP contribution >= 0.6 is 0 Å². The quantitative estimate of drug-likeness (QED) is 0.357. The van der Waals surface area contributed by atoms with Crippen molar-refractivity contribution in [3.05, 3.63) is 12.0 Å². The number of hydrogen-bond donors (Lipinski definition) is 2. The molecule has 0 aromatic carbocycles. The molecular weight excluding hydrogens is 190 g/mol. The first-order valence-electron chi connectivity index (χ1n) is 3.99. The molecule has 2 N–H and O–H groups in total. The number of aldehydes is 1. The Morgan fingerprint density at radius 2 is 2.36 bits per heavy atom. The molecule has 6 heteroatoms. The fourth-order valence-corrected chi connectivity index (χ4v) is 1.04. The van der Waals surface area contributed by atoms with Crippen LogP contribution in [0, 0.1) is 0 Å². The number of nitrogens with one attached hydrogen (secondary N) is 1. The molecule has 0 aliphatic carbocycles. The van der Waals surface area contributed by atoms with Gasteiger partial charge in [0, 0.05) is 12.5 Å². The Balaban J connectivity index is 2.48. The number of ether oxygens (including phenoxy) is 1.